The molecule has 6 heteroatoms. The summed E-state index contributed by atoms with van der Waals surface area (Å²) in [6.45, 7) is 6.84. The number of imide groups is 1. The van der Waals surface area contributed by atoms with Gasteiger partial charge in [0, 0.05) is 5.54 Å². The Morgan fingerprint density at radius 1 is 1.12 bits per heavy atom. The van der Waals surface area contributed by atoms with Crippen molar-refractivity contribution in [2.45, 2.75) is 58.6 Å². The number of nitrogens with one attached hydrogen (secondary N) is 2. The smallest absolute Gasteiger partial charge is 0.338 e. The van der Waals surface area contributed by atoms with Gasteiger partial charge in [-0.25, -0.2) is 9.59 Å². The molecule has 1 atom stereocenters. The van der Waals surface area contributed by atoms with Crippen LogP contribution in [0.4, 0.5) is 4.79 Å². The monoisotopic (exact) mass is 332 g/mol. The molecule has 0 fully saturated rings. The first-order chi connectivity index (χ1) is 11.2. The van der Waals surface area contributed by atoms with Crippen LogP contribution in [-0.4, -0.2) is 29.6 Å². The number of benzene rings is 1. The minimum Gasteiger partial charge on any atom is -0.449 e. The van der Waals surface area contributed by atoms with E-state index in [0.717, 1.165) is 24.8 Å². The maximum atomic E-state index is 12.2. The Morgan fingerprint density at radius 2 is 1.79 bits per heavy atom. The van der Waals surface area contributed by atoms with Crippen molar-refractivity contribution in [1.82, 2.24) is 10.6 Å². The van der Waals surface area contributed by atoms with Crippen LogP contribution in [0.2, 0.25) is 0 Å². The van der Waals surface area contributed by atoms with Crippen molar-refractivity contribution in [2.24, 2.45) is 0 Å². The van der Waals surface area contributed by atoms with Crippen LogP contribution in [0.5, 0.6) is 0 Å². The summed E-state index contributed by atoms with van der Waals surface area (Å²) in [7, 11) is 0. The summed E-state index contributed by atoms with van der Waals surface area (Å²) in [4.78, 5) is 35.8. The van der Waals surface area contributed by atoms with E-state index in [2.05, 4.69) is 10.6 Å². The van der Waals surface area contributed by atoms with Gasteiger partial charge in [0.25, 0.3) is 5.91 Å². The van der Waals surface area contributed by atoms with E-state index in [1.807, 2.05) is 12.1 Å². The Kier molecular flexibility index (Phi) is 5.26. The maximum absolute atomic E-state index is 12.2. The maximum Gasteiger partial charge on any atom is 0.338 e. The second-order valence-corrected chi connectivity index (χ2v) is 7.08. The average molecular weight is 332 g/mol. The molecule has 6 nitrogen and oxygen atoms in total. The number of esters is 1. The van der Waals surface area contributed by atoms with E-state index in [-0.39, 0.29) is 0 Å². The Bertz CT molecular complexity index is 661. The summed E-state index contributed by atoms with van der Waals surface area (Å²) >= 11 is 0. The quantitative estimate of drug-likeness (QED) is 0.832. The third kappa shape index (κ3) is 4.81. The van der Waals surface area contributed by atoms with Crippen LogP contribution in [0.25, 0.3) is 0 Å². The lowest BCUT2D eigenvalue weighted by atomic mass is 10.1. The van der Waals surface area contributed by atoms with Gasteiger partial charge in [-0.1, -0.05) is 6.07 Å². The van der Waals surface area contributed by atoms with Gasteiger partial charge in [0.1, 0.15) is 0 Å². The first-order valence-electron chi connectivity index (χ1n) is 8.11. The number of aryl methyl sites for hydroxylation is 2. The van der Waals surface area contributed by atoms with Crippen molar-refractivity contribution in [3.63, 3.8) is 0 Å². The van der Waals surface area contributed by atoms with Gasteiger partial charge in [0.2, 0.25) is 0 Å². The molecule has 1 aliphatic carbocycles. The summed E-state index contributed by atoms with van der Waals surface area (Å²) in [6, 6.07) is 4.85. The lowest BCUT2D eigenvalue weighted by Gasteiger charge is -2.21. The highest BCUT2D eigenvalue weighted by Gasteiger charge is 2.23. The van der Waals surface area contributed by atoms with E-state index in [1.54, 1.807) is 26.8 Å². The molecule has 3 amide bonds. The summed E-state index contributed by atoms with van der Waals surface area (Å²) < 4.78 is 5.16. The molecule has 0 aliphatic heterocycles. The van der Waals surface area contributed by atoms with E-state index < -0.39 is 29.6 Å². The molecule has 0 radical (unpaired) electrons. The number of fused-ring (bicyclic) bond motifs is 1. The number of rotatable bonds is 3. The van der Waals surface area contributed by atoms with Crippen LogP contribution in [0.15, 0.2) is 18.2 Å². The van der Waals surface area contributed by atoms with Gasteiger partial charge in [0.15, 0.2) is 6.10 Å². The molecular weight excluding hydrogens is 308 g/mol. The highest BCUT2D eigenvalue weighted by molar-refractivity contribution is 5.98. The SMILES string of the molecule is CC(OC(=O)c1ccc2c(c1)CCC2)C(=O)NC(=O)NC(C)(C)C. The van der Waals surface area contributed by atoms with Crippen molar-refractivity contribution >= 4 is 17.9 Å². The fourth-order valence-electron chi connectivity index (χ4n) is 2.57. The van der Waals surface area contributed by atoms with E-state index in [1.165, 1.54) is 12.5 Å². The summed E-state index contributed by atoms with van der Waals surface area (Å²) in [6.07, 6.45) is 2.03. The molecule has 1 aromatic rings. The Hall–Kier alpha value is -2.37. The molecule has 0 heterocycles. The lowest BCUT2D eigenvalue weighted by molar-refractivity contribution is -0.127. The molecule has 2 rings (SSSR count). The zero-order valence-electron chi connectivity index (χ0n) is 14.6. The molecule has 0 spiro atoms. The fraction of sp³-hybridized carbons (Fsp3) is 0.500. The van der Waals surface area contributed by atoms with Gasteiger partial charge in [-0.15, -0.1) is 0 Å². The minimum atomic E-state index is -1.06. The molecule has 0 saturated heterocycles. The van der Waals surface area contributed by atoms with Gasteiger partial charge in [-0.05, 0) is 70.2 Å². The predicted molar refractivity (Wildman–Crippen MR) is 89.8 cm³/mol. The van der Waals surface area contributed by atoms with Crippen LogP contribution >= 0.6 is 0 Å². The van der Waals surface area contributed by atoms with E-state index >= 15 is 0 Å². The third-order valence-electron chi connectivity index (χ3n) is 3.71. The number of hydrogen-bond donors (Lipinski definition) is 2. The Balaban J connectivity index is 1.91. The number of carbonyl (C=O) groups is 3. The molecule has 0 bridgehead atoms. The van der Waals surface area contributed by atoms with Crippen molar-refractivity contribution in [1.29, 1.82) is 0 Å². The molecule has 0 saturated carbocycles. The van der Waals surface area contributed by atoms with Crippen molar-refractivity contribution in [2.75, 3.05) is 0 Å². The zero-order chi connectivity index (χ0) is 17.9. The van der Waals surface area contributed by atoms with Gasteiger partial charge in [-0.3, -0.25) is 10.1 Å². The third-order valence-corrected chi connectivity index (χ3v) is 3.71. The second-order valence-electron chi connectivity index (χ2n) is 7.08. The Morgan fingerprint density at radius 3 is 2.46 bits per heavy atom. The Labute approximate surface area is 142 Å². The van der Waals surface area contributed by atoms with Gasteiger partial charge < -0.3 is 10.1 Å². The van der Waals surface area contributed by atoms with Crippen LogP contribution in [0, 0.1) is 0 Å². The number of hydrogen-bond acceptors (Lipinski definition) is 4. The van der Waals surface area contributed by atoms with Gasteiger partial charge >= 0.3 is 12.0 Å². The van der Waals surface area contributed by atoms with E-state index in [9.17, 15) is 14.4 Å². The molecule has 24 heavy (non-hydrogen) atoms. The largest absolute Gasteiger partial charge is 0.449 e. The summed E-state index contributed by atoms with van der Waals surface area (Å²) in [5, 5.41) is 4.78. The van der Waals surface area contributed by atoms with E-state index in [4.69, 9.17) is 4.74 Å². The number of ether oxygens (including phenoxy) is 1. The topological polar surface area (TPSA) is 84.5 Å². The van der Waals surface area contributed by atoms with Crippen LogP contribution in [-0.2, 0) is 22.4 Å². The summed E-state index contributed by atoms with van der Waals surface area (Å²) in [5.74, 6) is -1.23. The van der Waals surface area contributed by atoms with Crippen molar-refractivity contribution in [3.05, 3.63) is 34.9 Å². The number of urea groups is 1. The molecule has 1 unspecified atom stereocenters. The first kappa shape index (κ1) is 18.0. The zero-order valence-corrected chi connectivity index (χ0v) is 14.6. The lowest BCUT2D eigenvalue weighted by Crippen LogP contribution is -2.50. The second kappa shape index (κ2) is 7.03. The molecule has 0 aromatic heterocycles. The molecule has 130 valence electrons. The highest BCUT2D eigenvalue weighted by atomic mass is 16.5. The molecule has 1 aliphatic rings. The number of amides is 3. The standard InChI is InChI=1S/C18H24N2O4/c1-11(15(21)19-17(23)20-18(2,3)4)24-16(22)14-9-8-12-6-5-7-13(12)10-14/h8-11H,5-7H2,1-4H3,(H2,19,20,21,23). The first-order valence-corrected chi connectivity index (χ1v) is 8.11. The summed E-state index contributed by atoms with van der Waals surface area (Å²) in [5.41, 5.74) is 2.38. The number of carbonyl (C=O) groups excluding carboxylic acids is 3. The minimum absolute atomic E-state index is 0.425. The normalized spacial score (nSPS) is 14.5. The van der Waals surface area contributed by atoms with Crippen LogP contribution < -0.4 is 10.6 Å². The van der Waals surface area contributed by atoms with Crippen LogP contribution in [0.1, 0.15) is 55.6 Å². The molecule has 1 aromatic carbocycles. The van der Waals surface area contributed by atoms with Gasteiger partial charge in [0.05, 0.1) is 5.56 Å². The van der Waals surface area contributed by atoms with Crippen molar-refractivity contribution in [3.8, 4) is 0 Å². The fourth-order valence-corrected chi connectivity index (χ4v) is 2.57. The predicted octanol–water partition coefficient (Wildman–Crippen LogP) is 2.34. The van der Waals surface area contributed by atoms with Crippen molar-refractivity contribution < 1.29 is 19.1 Å². The van der Waals surface area contributed by atoms with E-state index in [0.29, 0.717) is 5.56 Å². The highest BCUT2D eigenvalue weighted by Crippen LogP contribution is 2.23. The van der Waals surface area contributed by atoms with Gasteiger partial charge in [-0.2, -0.15) is 0 Å². The average Bonchev–Trinajstić information content (AvgIpc) is 2.92. The molecular formula is C18H24N2O4. The molecule has 2 N–H and O–H groups in total. The van der Waals surface area contributed by atoms with Crippen LogP contribution in [0.3, 0.4) is 0 Å².